The summed E-state index contributed by atoms with van der Waals surface area (Å²) < 4.78 is 55.1. The SMILES string of the molecule is C[C@H]1C2CCC(CC2)[C@@H]1Cc1cc(-c2cc3ccccc3s2)nc(-c2[nH]nc3nc(Cl)c(F)cc23)n1.C[C@H]1C2CCC(CC2)[C@@H]1Cc1cc(-c2ccco2)nc(-c2[nH]nc3nc(Cl)c(F)cc23)n1.C[C@H]1C2CCC(CC2)[C@@H]1Cc1cc(-c2cccs2)nc(-c2[nH]nc3nc(Cl)c(F)cc23)n1.O=C(NC1CCCC(Cc2cc(-c3ccco3)nc(-c3[nH]nc4ncc(Cl)cc34)n2)C1)N1CCCC1. The Morgan fingerprint density at radius 3 is 1.29 bits per heavy atom. The van der Waals surface area contributed by atoms with Gasteiger partial charge in [-0.1, -0.05) is 97.9 Å². The molecule has 34 heteroatoms. The monoisotopic (exact) mass is 1940 g/mol. The fourth-order valence-corrected chi connectivity index (χ4v) is 25.8. The molecule has 6 bridgehead atoms. The molecule has 16 aromatic heterocycles. The first-order chi connectivity index (χ1) is 66.3. The molecule has 696 valence electrons. The number of aromatic nitrogens is 20. The van der Waals surface area contributed by atoms with Crippen molar-refractivity contribution in [1.82, 2.24) is 111 Å². The molecule has 136 heavy (non-hydrogen) atoms. The number of carbonyl (C=O) groups excluding carboxylic acids is 1. The van der Waals surface area contributed by atoms with Crippen molar-refractivity contribution < 1.29 is 26.8 Å². The van der Waals surface area contributed by atoms with E-state index in [-0.39, 0.29) is 27.5 Å². The molecule has 1 aromatic carbocycles. The molecule has 5 N–H and O–H groups in total. The highest BCUT2D eigenvalue weighted by Crippen LogP contribution is 2.54. The van der Waals surface area contributed by atoms with E-state index < -0.39 is 17.5 Å². The lowest BCUT2D eigenvalue weighted by atomic mass is 9.58. The van der Waals surface area contributed by atoms with Gasteiger partial charge in [0.15, 0.2) is 90.3 Å². The maximum absolute atomic E-state index is 14.3. The summed E-state index contributed by atoms with van der Waals surface area (Å²) in [4.78, 5) is 72.2. The molecule has 28 rings (SSSR count). The number of furan rings is 2. The summed E-state index contributed by atoms with van der Waals surface area (Å²) in [5.74, 6) is 10.9. The number of nitrogens with zero attached hydrogens (tertiary/aromatic N) is 17. The van der Waals surface area contributed by atoms with E-state index >= 15 is 0 Å². The number of nitrogens with one attached hydrogen (secondary N) is 5. The van der Waals surface area contributed by atoms with E-state index in [1.54, 1.807) is 41.4 Å². The molecule has 0 radical (unpaired) electrons. The van der Waals surface area contributed by atoms with E-state index in [0.717, 1.165) is 168 Å². The summed E-state index contributed by atoms with van der Waals surface area (Å²) >= 11 is 27.2. The van der Waals surface area contributed by atoms with E-state index in [9.17, 15) is 18.0 Å². The fourth-order valence-electron chi connectivity index (χ4n) is 23.5. The van der Waals surface area contributed by atoms with Crippen LogP contribution < -0.4 is 5.32 Å². The summed E-state index contributed by atoms with van der Waals surface area (Å²) in [6.45, 7) is 8.98. The number of benzene rings is 1. The van der Waals surface area contributed by atoms with Crippen molar-refractivity contribution in [3.8, 4) is 90.1 Å². The van der Waals surface area contributed by atoms with Crippen molar-refractivity contribution in [3.05, 3.63) is 200 Å². The molecule has 17 aromatic rings. The third-order valence-corrected chi connectivity index (χ3v) is 33.6. The maximum atomic E-state index is 14.3. The zero-order chi connectivity index (χ0) is 92.5. The van der Waals surface area contributed by atoms with Gasteiger partial charge >= 0.3 is 6.03 Å². The Kier molecular flexibility index (Phi) is 25.3. The van der Waals surface area contributed by atoms with Crippen LogP contribution in [0.5, 0.6) is 0 Å². The Balaban J connectivity index is 0.000000105. The van der Waals surface area contributed by atoms with Gasteiger partial charge in [0, 0.05) is 52.8 Å². The van der Waals surface area contributed by atoms with Crippen LogP contribution in [0.4, 0.5) is 18.0 Å². The standard InChI is InChI=1S/C28H25ClFN5S.C26H28ClN7O2.C24H23ClFN5O.C24H23ClFN5S/c1-14-15-6-8-16(9-7-15)19(14)11-18-12-22(24-10-17-4-2-3-5-23(17)36-24)32-28(31-18)25-20-13-21(30)26(29)33-27(20)35-34-25;27-17-13-20-23(32-33-24(20)28-15-17)25-29-19(14-21(31-25)22-7-4-10-36-22)12-16-5-3-6-18(11-16)30-26(35)34-8-1-2-9-34;2*1-12-13-4-6-14(7-5-13)16(12)9-15-10-19(20-3-2-8-32-20)28-24(27-15)21-17-11-18(26)22(25)29-23(17)31-30-21/h2-5,10,12-16,19H,6-9,11H2,1H3,(H,33,34,35);4,7,10,13-16,18H,1-3,5-6,8-9,11-12H2,(H,30,35)(H,28,32,33);2*2-3,8,10-14,16H,4-7,9H2,1H3,(H,29,30,31)/t14-,15?,16?,19+;;2*12-,13?,14?,16+/m0.00/s1. The number of rotatable bonds is 17. The summed E-state index contributed by atoms with van der Waals surface area (Å²) in [6, 6.07) is 36.6. The van der Waals surface area contributed by atoms with E-state index in [0.29, 0.717) is 148 Å². The molecule has 1 saturated heterocycles. The quantitative estimate of drug-likeness (QED) is 0.0529. The summed E-state index contributed by atoms with van der Waals surface area (Å²) in [5.41, 5.74) is 11.1. The number of amides is 2. The van der Waals surface area contributed by atoms with Crippen molar-refractivity contribution in [2.75, 3.05) is 13.1 Å². The molecule has 10 aliphatic carbocycles. The number of urea groups is 1. The Labute approximate surface area is 809 Å². The largest absolute Gasteiger partial charge is 0.463 e. The Morgan fingerprint density at radius 1 is 0.434 bits per heavy atom. The number of aromatic amines is 4. The molecule has 25 nitrogen and oxygen atoms in total. The van der Waals surface area contributed by atoms with Crippen molar-refractivity contribution in [3.63, 3.8) is 0 Å². The van der Waals surface area contributed by atoms with Crippen LogP contribution in [0.15, 0.2) is 148 Å². The predicted octanol–water partition coefficient (Wildman–Crippen LogP) is 25.6. The van der Waals surface area contributed by atoms with Crippen LogP contribution in [-0.4, -0.2) is 131 Å². The molecule has 1 aliphatic heterocycles. The van der Waals surface area contributed by atoms with Crippen LogP contribution in [-0.2, 0) is 25.7 Å². The highest BCUT2D eigenvalue weighted by atomic mass is 35.5. The van der Waals surface area contributed by atoms with Crippen molar-refractivity contribution in [2.24, 2.45) is 76.9 Å². The first-order valence-electron chi connectivity index (χ1n) is 47.6. The van der Waals surface area contributed by atoms with Crippen molar-refractivity contribution in [2.45, 2.75) is 168 Å². The average Bonchev–Trinajstić information content (AvgIpc) is 1.73. The minimum atomic E-state index is -0.601. The third-order valence-electron chi connectivity index (χ3n) is 30.6. The number of fused-ring (bicyclic) bond motifs is 14. The molecular weight excluding hydrogens is 1840 g/mol. The van der Waals surface area contributed by atoms with Crippen LogP contribution in [0.2, 0.25) is 20.5 Å². The second-order valence-corrected chi connectivity index (χ2v) is 42.0. The van der Waals surface area contributed by atoms with Gasteiger partial charge in [-0.3, -0.25) is 20.4 Å². The summed E-state index contributed by atoms with van der Waals surface area (Å²) in [6.07, 6.45) is 31.0. The molecule has 2 amide bonds. The second kappa shape index (κ2) is 38.4. The van der Waals surface area contributed by atoms with Gasteiger partial charge in [-0.2, -0.15) is 20.4 Å². The lowest BCUT2D eigenvalue weighted by molar-refractivity contribution is 0.0339. The molecule has 11 fully saturated rings. The molecule has 2 unspecified atom stereocenters. The smallest absolute Gasteiger partial charge is 0.317 e. The van der Waals surface area contributed by atoms with Gasteiger partial charge in [-0.25, -0.2) is 77.8 Å². The number of pyridine rings is 4. The lowest BCUT2D eigenvalue weighted by Gasteiger charge is -2.47. The van der Waals surface area contributed by atoms with Gasteiger partial charge in [0.2, 0.25) is 0 Å². The fraction of sp³-hybridized carbons (Fsp3) is 0.402. The van der Waals surface area contributed by atoms with Crippen LogP contribution in [0.3, 0.4) is 0 Å². The Bertz CT molecular complexity index is 6990. The number of hydrogen-bond acceptors (Lipinski definition) is 21. The number of H-pyrrole nitrogens is 4. The summed E-state index contributed by atoms with van der Waals surface area (Å²) in [5, 5.41) is 37.7. The van der Waals surface area contributed by atoms with Crippen molar-refractivity contribution in [1.29, 1.82) is 0 Å². The first kappa shape index (κ1) is 89.7. The predicted molar refractivity (Wildman–Crippen MR) is 523 cm³/mol. The summed E-state index contributed by atoms with van der Waals surface area (Å²) in [7, 11) is 0. The van der Waals surface area contributed by atoms with E-state index in [1.807, 2.05) is 58.8 Å². The van der Waals surface area contributed by atoms with Crippen LogP contribution >= 0.6 is 69.1 Å². The number of hydrogen-bond donors (Lipinski definition) is 5. The highest BCUT2D eigenvalue weighted by molar-refractivity contribution is 7.22. The maximum Gasteiger partial charge on any atom is 0.317 e. The lowest BCUT2D eigenvalue weighted by Crippen LogP contribution is -2.45. The topological polar surface area (TPSA) is 328 Å². The number of likely N-dealkylation sites (tertiary alicyclic amines) is 1. The average molecular weight is 1940 g/mol. The molecule has 11 aliphatic rings. The second-order valence-electron chi connectivity index (χ2n) is 38.5. The molecule has 8 atom stereocenters. The van der Waals surface area contributed by atoms with Crippen LogP contribution in [0.1, 0.15) is 159 Å². The number of thiophene rings is 2. The highest BCUT2D eigenvalue weighted by Gasteiger charge is 2.45. The zero-order valence-electron chi connectivity index (χ0n) is 75.1. The molecule has 17 heterocycles. The van der Waals surface area contributed by atoms with E-state index in [2.05, 4.69) is 135 Å². The molecular formula is C102H99Cl4F3N22O3S2. The van der Waals surface area contributed by atoms with E-state index in [1.165, 1.54) is 105 Å². The minimum absolute atomic E-state index is 0.0842. The van der Waals surface area contributed by atoms with Gasteiger partial charge in [0.05, 0.1) is 60.2 Å². The van der Waals surface area contributed by atoms with Gasteiger partial charge in [-0.05, 0) is 314 Å². The van der Waals surface area contributed by atoms with Crippen molar-refractivity contribution >= 4 is 129 Å². The Hall–Kier alpha value is -11.5. The first-order valence-corrected chi connectivity index (χ1v) is 50.8. The Morgan fingerprint density at radius 2 is 0.853 bits per heavy atom. The molecule has 10 saturated carbocycles. The van der Waals surface area contributed by atoms with Gasteiger partial charge < -0.3 is 19.1 Å². The van der Waals surface area contributed by atoms with Crippen LogP contribution in [0.25, 0.3) is 144 Å². The third kappa shape index (κ3) is 18.5. The minimum Gasteiger partial charge on any atom is -0.463 e. The van der Waals surface area contributed by atoms with Gasteiger partial charge in [-0.15, -0.1) is 22.7 Å². The van der Waals surface area contributed by atoms with E-state index in [4.69, 9.17) is 95.1 Å². The van der Waals surface area contributed by atoms with Gasteiger partial charge in [0.1, 0.15) is 34.2 Å². The number of halogens is 7. The number of carbonyl (C=O) groups is 1. The zero-order valence-corrected chi connectivity index (χ0v) is 79.8. The van der Waals surface area contributed by atoms with Crippen LogP contribution in [0, 0.1) is 94.4 Å². The van der Waals surface area contributed by atoms with Gasteiger partial charge in [0.25, 0.3) is 0 Å². The normalized spacial score (nSPS) is 23.4. The molecule has 0 spiro atoms.